The molecule has 1 aliphatic heterocycles. The molecule has 1 heterocycles. The number of aromatic hydroxyl groups is 1. The SMILES string of the molecule is CC/C=C\C1C2CCCC1(c1cccc(O)c1)CCN2CCc1ccccc1. The minimum atomic E-state index is 0.177. The summed E-state index contributed by atoms with van der Waals surface area (Å²) in [7, 11) is 0. The van der Waals surface area contributed by atoms with Crippen LogP contribution in [0.15, 0.2) is 66.7 Å². The van der Waals surface area contributed by atoms with Crippen molar-refractivity contribution in [1.82, 2.24) is 4.90 Å². The van der Waals surface area contributed by atoms with Crippen molar-refractivity contribution in [3.8, 4) is 5.75 Å². The number of phenolic OH excluding ortho intramolecular Hbond substituents is 1. The number of nitrogens with zero attached hydrogens (tertiary/aromatic N) is 1. The van der Waals surface area contributed by atoms with Crippen molar-refractivity contribution < 1.29 is 5.11 Å². The first-order valence-corrected chi connectivity index (χ1v) is 11.0. The maximum absolute atomic E-state index is 10.1. The largest absolute Gasteiger partial charge is 0.508 e. The number of hydrogen-bond donors (Lipinski definition) is 1. The Morgan fingerprint density at radius 1 is 1.11 bits per heavy atom. The van der Waals surface area contributed by atoms with Gasteiger partial charge < -0.3 is 5.11 Å². The number of rotatable bonds is 6. The highest BCUT2D eigenvalue weighted by Gasteiger charge is 2.50. The summed E-state index contributed by atoms with van der Waals surface area (Å²) >= 11 is 0. The van der Waals surface area contributed by atoms with Gasteiger partial charge in [0.05, 0.1) is 0 Å². The van der Waals surface area contributed by atoms with Gasteiger partial charge in [-0.05, 0) is 61.9 Å². The number of likely N-dealkylation sites (tertiary alicyclic amines) is 1. The van der Waals surface area contributed by atoms with Crippen molar-refractivity contribution in [3.05, 3.63) is 77.9 Å². The number of allylic oxidation sites excluding steroid dienone is 1. The maximum atomic E-state index is 10.1. The lowest BCUT2D eigenvalue weighted by Gasteiger charge is -2.56. The minimum Gasteiger partial charge on any atom is -0.508 e. The molecule has 3 unspecified atom stereocenters. The van der Waals surface area contributed by atoms with Crippen molar-refractivity contribution >= 4 is 0 Å². The molecule has 2 aromatic carbocycles. The van der Waals surface area contributed by atoms with Crippen LogP contribution in [-0.2, 0) is 11.8 Å². The Labute approximate surface area is 169 Å². The third-order valence-corrected chi connectivity index (χ3v) is 7.02. The van der Waals surface area contributed by atoms with Crippen LogP contribution >= 0.6 is 0 Å². The van der Waals surface area contributed by atoms with Crippen LogP contribution in [0.2, 0.25) is 0 Å². The van der Waals surface area contributed by atoms with E-state index in [9.17, 15) is 5.11 Å². The van der Waals surface area contributed by atoms with Crippen molar-refractivity contribution in [3.63, 3.8) is 0 Å². The smallest absolute Gasteiger partial charge is 0.115 e. The average molecular weight is 376 g/mol. The maximum Gasteiger partial charge on any atom is 0.115 e. The van der Waals surface area contributed by atoms with E-state index in [0.29, 0.717) is 17.7 Å². The van der Waals surface area contributed by atoms with Crippen LogP contribution in [0.25, 0.3) is 0 Å². The third kappa shape index (κ3) is 3.75. The van der Waals surface area contributed by atoms with Crippen molar-refractivity contribution in [1.29, 1.82) is 0 Å². The van der Waals surface area contributed by atoms with Gasteiger partial charge in [-0.15, -0.1) is 0 Å². The van der Waals surface area contributed by atoms with Crippen LogP contribution in [0.3, 0.4) is 0 Å². The van der Waals surface area contributed by atoms with Gasteiger partial charge in [0.15, 0.2) is 0 Å². The van der Waals surface area contributed by atoms with Crippen molar-refractivity contribution in [2.75, 3.05) is 13.1 Å². The first-order chi connectivity index (χ1) is 13.7. The van der Waals surface area contributed by atoms with Gasteiger partial charge in [-0.2, -0.15) is 0 Å². The van der Waals surface area contributed by atoms with Crippen LogP contribution in [0, 0.1) is 5.92 Å². The highest BCUT2D eigenvalue weighted by atomic mass is 16.3. The summed E-state index contributed by atoms with van der Waals surface area (Å²) in [5.74, 6) is 0.936. The molecule has 1 N–H and O–H groups in total. The number of benzene rings is 2. The van der Waals surface area contributed by atoms with E-state index >= 15 is 0 Å². The molecule has 0 amide bonds. The highest BCUT2D eigenvalue weighted by molar-refractivity contribution is 5.37. The van der Waals surface area contributed by atoms with E-state index in [1.165, 1.54) is 36.8 Å². The van der Waals surface area contributed by atoms with Gasteiger partial charge in [-0.3, -0.25) is 4.90 Å². The van der Waals surface area contributed by atoms with Crippen LogP contribution in [0.4, 0.5) is 0 Å². The van der Waals surface area contributed by atoms with E-state index in [2.05, 4.69) is 60.4 Å². The Bertz CT molecular complexity index is 799. The topological polar surface area (TPSA) is 23.5 Å². The summed E-state index contributed by atoms with van der Waals surface area (Å²) in [6, 6.07) is 19.6. The molecule has 28 heavy (non-hydrogen) atoms. The van der Waals surface area contributed by atoms with Gasteiger partial charge in [0, 0.05) is 23.9 Å². The number of phenols is 1. The Morgan fingerprint density at radius 3 is 2.75 bits per heavy atom. The summed E-state index contributed by atoms with van der Waals surface area (Å²) in [5.41, 5.74) is 2.95. The fourth-order valence-corrected chi connectivity index (χ4v) is 5.64. The summed E-state index contributed by atoms with van der Waals surface area (Å²) < 4.78 is 0. The summed E-state index contributed by atoms with van der Waals surface area (Å²) in [4.78, 5) is 2.75. The first kappa shape index (κ1) is 19.3. The summed E-state index contributed by atoms with van der Waals surface area (Å²) in [6.45, 7) is 4.52. The number of hydrogen-bond acceptors (Lipinski definition) is 2. The second-order valence-corrected chi connectivity index (χ2v) is 8.55. The molecule has 2 nitrogen and oxygen atoms in total. The molecule has 2 aliphatic rings. The van der Waals surface area contributed by atoms with Crippen LogP contribution in [-0.4, -0.2) is 29.1 Å². The molecule has 4 rings (SSSR count). The molecule has 1 saturated heterocycles. The molecule has 3 atom stereocenters. The zero-order valence-electron chi connectivity index (χ0n) is 17.1. The van der Waals surface area contributed by atoms with Crippen LogP contribution in [0.5, 0.6) is 5.75 Å². The molecule has 148 valence electrons. The molecule has 0 spiro atoms. The van der Waals surface area contributed by atoms with E-state index in [1.807, 2.05) is 12.1 Å². The molecular formula is C26H33NO. The average Bonchev–Trinajstić information content (AvgIpc) is 2.72. The van der Waals surface area contributed by atoms with E-state index in [-0.39, 0.29) is 5.41 Å². The van der Waals surface area contributed by atoms with Gasteiger partial charge in [0.1, 0.15) is 5.75 Å². The Hall–Kier alpha value is -2.06. The minimum absolute atomic E-state index is 0.177. The highest BCUT2D eigenvalue weighted by Crippen LogP contribution is 2.52. The predicted octanol–water partition coefficient (Wildman–Crippen LogP) is 5.71. The molecule has 0 radical (unpaired) electrons. The Balaban J connectivity index is 1.60. The van der Waals surface area contributed by atoms with Crippen LogP contribution < -0.4 is 0 Å². The Morgan fingerprint density at radius 2 is 1.96 bits per heavy atom. The predicted molar refractivity (Wildman–Crippen MR) is 117 cm³/mol. The zero-order valence-corrected chi connectivity index (χ0v) is 17.1. The lowest BCUT2D eigenvalue weighted by molar-refractivity contribution is 0.0113. The van der Waals surface area contributed by atoms with Gasteiger partial charge >= 0.3 is 0 Å². The van der Waals surface area contributed by atoms with Crippen molar-refractivity contribution in [2.24, 2.45) is 5.92 Å². The summed E-state index contributed by atoms with van der Waals surface area (Å²) in [6.07, 6.45) is 12.1. The standard InChI is InChI=1S/C26H33NO/c1-2-3-13-24-25-14-8-16-26(24,22-11-7-12-23(28)20-22)17-19-27(25)18-15-21-9-5-4-6-10-21/h3-7,9-13,20,24-25,28H,2,8,14-19H2,1H3/b13-3-. The van der Waals surface area contributed by atoms with E-state index in [4.69, 9.17) is 0 Å². The van der Waals surface area contributed by atoms with Gasteiger partial charge in [0.25, 0.3) is 0 Å². The molecule has 2 heteroatoms. The normalized spacial score (nSPS) is 27.9. The monoisotopic (exact) mass is 375 g/mol. The molecule has 2 aromatic rings. The second kappa shape index (κ2) is 8.53. The molecular weight excluding hydrogens is 342 g/mol. The molecule has 2 fully saturated rings. The third-order valence-electron chi connectivity index (χ3n) is 7.02. The lowest BCUT2D eigenvalue weighted by Crippen LogP contribution is -2.58. The Kier molecular flexibility index (Phi) is 5.87. The number of fused-ring (bicyclic) bond motifs is 2. The fourth-order valence-electron chi connectivity index (χ4n) is 5.64. The number of piperidine rings is 1. The van der Waals surface area contributed by atoms with Gasteiger partial charge in [-0.25, -0.2) is 0 Å². The first-order valence-electron chi connectivity index (χ1n) is 11.0. The van der Waals surface area contributed by atoms with E-state index in [1.54, 1.807) is 6.07 Å². The van der Waals surface area contributed by atoms with Crippen LogP contribution in [0.1, 0.15) is 50.2 Å². The van der Waals surface area contributed by atoms with E-state index < -0.39 is 0 Å². The molecule has 2 bridgehead atoms. The molecule has 1 aliphatic carbocycles. The summed E-state index contributed by atoms with van der Waals surface area (Å²) in [5, 5.41) is 10.1. The molecule has 1 saturated carbocycles. The quantitative estimate of drug-likeness (QED) is 0.653. The molecule has 0 aromatic heterocycles. The van der Waals surface area contributed by atoms with Gasteiger partial charge in [-0.1, -0.05) is 68.0 Å². The fraction of sp³-hybridized carbons (Fsp3) is 0.462. The van der Waals surface area contributed by atoms with Crippen molar-refractivity contribution in [2.45, 2.75) is 56.9 Å². The van der Waals surface area contributed by atoms with E-state index in [0.717, 1.165) is 25.9 Å². The second-order valence-electron chi connectivity index (χ2n) is 8.55. The van der Waals surface area contributed by atoms with Gasteiger partial charge in [0.2, 0.25) is 0 Å². The zero-order chi connectivity index (χ0) is 19.4. The lowest BCUT2D eigenvalue weighted by atomic mass is 9.56.